The van der Waals surface area contributed by atoms with E-state index in [4.69, 9.17) is 5.73 Å². The van der Waals surface area contributed by atoms with E-state index in [-0.39, 0.29) is 6.04 Å². The van der Waals surface area contributed by atoms with Crippen LogP contribution in [0.15, 0.2) is 30.5 Å². The topological polar surface area (TPSA) is 30.9 Å². The fourth-order valence-electron chi connectivity index (χ4n) is 2.22. The molecule has 2 aromatic rings. The molecule has 0 bridgehead atoms. The highest BCUT2D eigenvalue weighted by Crippen LogP contribution is 2.32. The average Bonchev–Trinajstić information content (AvgIpc) is 2.99. The highest BCUT2D eigenvalue weighted by atomic mass is 15.0. The van der Waals surface area contributed by atoms with Crippen LogP contribution in [0, 0.1) is 5.92 Å². The largest absolute Gasteiger partial charge is 0.347 e. The Balaban J connectivity index is 2.03. The predicted octanol–water partition coefficient (Wildman–Crippen LogP) is 3.07. The monoisotopic (exact) mass is 214 g/mol. The van der Waals surface area contributed by atoms with Crippen molar-refractivity contribution >= 4 is 10.9 Å². The highest BCUT2D eigenvalue weighted by molar-refractivity contribution is 5.81. The minimum Gasteiger partial charge on any atom is -0.347 e. The summed E-state index contributed by atoms with van der Waals surface area (Å²) in [6, 6.07) is 8.87. The first-order chi connectivity index (χ1) is 7.74. The van der Waals surface area contributed by atoms with Gasteiger partial charge in [0.05, 0.1) is 0 Å². The van der Waals surface area contributed by atoms with Crippen molar-refractivity contribution < 1.29 is 0 Å². The van der Waals surface area contributed by atoms with E-state index in [9.17, 15) is 0 Å². The normalized spacial score (nSPS) is 17.9. The molecule has 1 heterocycles. The van der Waals surface area contributed by atoms with Gasteiger partial charge in [-0.3, -0.25) is 0 Å². The lowest BCUT2D eigenvalue weighted by molar-refractivity contribution is 0.647. The summed E-state index contributed by atoms with van der Waals surface area (Å²) in [5.41, 5.74) is 8.49. The summed E-state index contributed by atoms with van der Waals surface area (Å²) in [6.45, 7) is 3.21. The number of aromatic nitrogens is 1. The van der Waals surface area contributed by atoms with Gasteiger partial charge >= 0.3 is 0 Å². The van der Waals surface area contributed by atoms with Gasteiger partial charge in [-0.15, -0.1) is 0 Å². The average molecular weight is 214 g/mol. The molecule has 0 radical (unpaired) electrons. The van der Waals surface area contributed by atoms with Crippen molar-refractivity contribution in [3.8, 4) is 0 Å². The van der Waals surface area contributed by atoms with Gasteiger partial charge in [0.25, 0.3) is 0 Å². The van der Waals surface area contributed by atoms with Gasteiger partial charge in [-0.05, 0) is 48.8 Å². The van der Waals surface area contributed by atoms with Gasteiger partial charge in [-0.2, -0.15) is 0 Å². The van der Waals surface area contributed by atoms with Crippen LogP contribution >= 0.6 is 0 Å². The molecule has 1 saturated carbocycles. The third-order valence-electron chi connectivity index (χ3n) is 3.48. The predicted molar refractivity (Wildman–Crippen MR) is 67.3 cm³/mol. The molecule has 3 rings (SSSR count). The molecule has 2 heteroatoms. The molecule has 16 heavy (non-hydrogen) atoms. The first kappa shape index (κ1) is 9.91. The van der Waals surface area contributed by atoms with Gasteiger partial charge in [-0.1, -0.05) is 12.1 Å². The summed E-state index contributed by atoms with van der Waals surface area (Å²) in [6.07, 6.45) is 4.99. The van der Waals surface area contributed by atoms with E-state index in [1.165, 1.54) is 35.9 Å². The van der Waals surface area contributed by atoms with Gasteiger partial charge < -0.3 is 10.3 Å². The van der Waals surface area contributed by atoms with E-state index in [2.05, 4.69) is 35.0 Å². The van der Waals surface area contributed by atoms with E-state index in [1.54, 1.807) is 0 Å². The van der Waals surface area contributed by atoms with Crippen LogP contribution in [0.25, 0.3) is 10.9 Å². The van der Waals surface area contributed by atoms with E-state index < -0.39 is 0 Å². The van der Waals surface area contributed by atoms with Crippen molar-refractivity contribution in [3.63, 3.8) is 0 Å². The van der Waals surface area contributed by atoms with Crippen LogP contribution < -0.4 is 5.73 Å². The van der Waals surface area contributed by atoms with Crippen LogP contribution in [0.2, 0.25) is 0 Å². The summed E-state index contributed by atoms with van der Waals surface area (Å²) in [5.74, 6) is 0.912. The number of hydrogen-bond donors (Lipinski definition) is 1. The van der Waals surface area contributed by atoms with Crippen molar-refractivity contribution in [2.75, 3.05) is 0 Å². The Morgan fingerprint density at radius 2 is 2.19 bits per heavy atom. The minimum atomic E-state index is 0.119. The second kappa shape index (κ2) is 3.63. The van der Waals surface area contributed by atoms with Gasteiger partial charge in [0, 0.05) is 24.3 Å². The quantitative estimate of drug-likeness (QED) is 0.836. The van der Waals surface area contributed by atoms with Crippen molar-refractivity contribution in [1.29, 1.82) is 0 Å². The van der Waals surface area contributed by atoms with E-state index in [0.29, 0.717) is 0 Å². The molecule has 0 spiro atoms. The Morgan fingerprint density at radius 1 is 1.38 bits per heavy atom. The molecule has 84 valence electrons. The van der Waals surface area contributed by atoms with Gasteiger partial charge in [0.1, 0.15) is 0 Å². The maximum Gasteiger partial charge on any atom is 0.0483 e. The number of nitrogens with zero attached hydrogens (tertiary/aromatic N) is 1. The molecule has 1 aliphatic carbocycles. The number of nitrogens with two attached hydrogens (primary N) is 1. The lowest BCUT2D eigenvalue weighted by Crippen LogP contribution is -2.05. The van der Waals surface area contributed by atoms with Crippen molar-refractivity contribution in [2.45, 2.75) is 32.4 Å². The molecule has 0 amide bonds. The Morgan fingerprint density at radius 3 is 2.88 bits per heavy atom. The van der Waals surface area contributed by atoms with Crippen LogP contribution in [0.1, 0.15) is 31.4 Å². The summed E-state index contributed by atoms with van der Waals surface area (Å²) >= 11 is 0. The second-order valence-electron chi connectivity index (χ2n) is 5.02. The molecule has 0 aliphatic heterocycles. The maximum atomic E-state index is 5.93. The van der Waals surface area contributed by atoms with Gasteiger partial charge in [0.15, 0.2) is 0 Å². The molecule has 2 nitrogen and oxygen atoms in total. The van der Waals surface area contributed by atoms with Crippen LogP contribution in [0.5, 0.6) is 0 Å². The Bertz CT molecular complexity index is 506. The first-order valence-corrected chi connectivity index (χ1v) is 6.08. The number of benzene rings is 1. The summed E-state index contributed by atoms with van der Waals surface area (Å²) in [7, 11) is 0. The van der Waals surface area contributed by atoms with E-state index in [1.807, 2.05) is 6.92 Å². The fraction of sp³-hybridized carbons (Fsp3) is 0.429. The number of hydrogen-bond acceptors (Lipinski definition) is 1. The highest BCUT2D eigenvalue weighted by Gasteiger charge is 2.22. The van der Waals surface area contributed by atoms with Crippen LogP contribution in [-0.4, -0.2) is 4.57 Å². The molecule has 0 saturated heterocycles. The standard InChI is InChI=1S/C14H18N2/c1-10(15)13-5-4-12-6-7-16(14(12)8-13)9-11-2-3-11/h4-8,10-11H,2-3,9,15H2,1H3. The Hall–Kier alpha value is -1.28. The molecule has 1 atom stereocenters. The summed E-state index contributed by atoms with van der Waals surface area (Å²) in [5, 5.41) is 1.32. The molecule has 1 unspecified atom stereocenters. The molecular formula is C14H18N2. The Labute approximate surface area is 96.1 Å². The lowest BCUT2D eigenvalue weighted by atomic mass is 10.1. The SMILES string of the molecule is CC(N)c1ccc2ccn(CC3CC3)c2c1. The maximum absolute atomic E-state index is 5.93. The molecule has 1 fully saturated rings. The van der Waals surface area contributed by atoms with Gasteiger partial charge in [-0.25, -0.2) is 0 Å². The van der Waals surface area contributed by atoms with Crippen LogP contribution in [0.3, 0.4) is 0 Å². The van der Waals surface area contributed by atoms with Crippen LogP contribution in [0.4, 0.5) is 0 Å². The van der Waals surface area contributed by atoms with Crippen LogP contribution in [-0.2, 0) is 6.54 Å². The summed E-state index contributed by atoms with van der Waals surface area (Å²) < 4.78 is 2.37. The lowest BCUT2D eigenvalue weighted by Gasteiger charge is -2.08. The first-order valence-electron chi connectivity index (χ1n) is 6.08. The molecule has 1 aromatic heterocycles. The zero-order valence-electron chi connectivity index (χ0n) is 9.69. The third-order valence-corrected chi connectivity index (χ3v) is 3.48. The molecule has 1 aliphatic rings. The molecule has 2 N–H and O–H groups in total. The molecule has 1 aromatic carbocycles. The number of rotatable bonds is 3. The zero-order chi connectivity index (χ0) is 11.1. The third kappa shape index (κ3) is 1.74. The van der Waals surface area contributed by atoms with Gasteiger partial charge in [0.2, 0.25) is 0 Å². The molecular weight excluding hydrogens is 196 g/mol. The smallest absolute Gasteiger partial charge is 0.0483 e. The zero-order valence-corrected chi connectivity index (χ0v) is 9.69. The van der Waals surface area contributed by atoms with E-state index >= 15 is 0 Å². The minimum absolute atomic E-state index is 0.119. The van der Waals surface area contributed by atoms with Crippen molar-refractivity contribution in [1.82, 2.24) is 4.57 Å². The summed E-state index contributed by atoms with van der Waals surface area (Å²) in [4.78, 5) is 0. The van der Waals surface area contributed by atoms with Crippen molar-refractivity contribution in [2.24, 2.45) is 11.7 Å². The number of fused-ring (bicyclic) bond motifs is 1. The van der Waals surface area contributed by atoms with Crippen molar-refractivity contribution in [3.05, 3.63) is 36.0 Å². The fourth-order valence-corrected chi connectivity index (χ4v) is 2.22. The second-order valence-corrected chi connectivity index (χ2v) is 5.02. The Kier molecular flexibility index (Phi) is 2.25. The van der Waals surface area contributed by atoms with E-state index in [0.717, 1.165) is 5.92 Å².